The minimum atomic E-state index is -0.873. The Morgan fingerprint density at radius 1 is 0.722 bits per heavy atom. The Labute approximate surface area is 314 Å². The molecule has 4 heterocycles. The van der Waals surface area contributed by atoms with Crippen molar-refractivity contribution in [3.05, 3.63) is 201 Å². The van der Waals surface area contributed by atoms with Crippen LogP contribution in [0.3, 0.4) is 0 Å². The van der Waals surface area contributed by atoms with Crippen molar-refractivity contribution in [3.63, 3.8) is 0 Å². The number of nitrogens with zero attached hydrogens (tertiary/aromatic N) is 7. The highest BCUT2D eigenvalue weighted by atomic mass is 16.5. The van der Waals surface area contributed by atoms with E-state index in [1.54, 1.807) is 0 Å². The average molecular weight is 706 g/mol. The van der Waals surface area contributed by atoms with Crippen LogP contribution in [0.5, 0.6) is 5.75 Å². The van der Waals surface area contributed by atoms with E-state index in [1.165, 1.54) is 0 Å². The molecule has 264 valence electrons. The molecule has 0 bridgehead atoms. The van der Waals surface area contributed by atoms with E-state index >= 15 is 0 Å². The molecule has 0 aliphatic carbocycles. The maximum Gasteiger partial charge on any atom is 0.177 e. The normalized spacial score (nSPS) is 13.4. The highest BCUT2D eigenvalue weighted by Gasteiger charge is 2.41. The van der Waals surface area contributed by atoms with Crippen LogP contribution < -0.4 is 4.74 Å². The second-order valence-corrected chi connectivity index (χ2v) is 13.8. The second-order valence-electron chi connectivity index (χ2n) is 13.8. The summed E-state index contributed by atoms with van der Waals surface area (Å²) in [6.07, 6.45) is 2.92. The Kier molecular flexibility index (Phi) is 8.43. The molecular formula is C46H39N7O. The fourth-order valence-electron chi connectivity index (χ4n) is 8.00. The van der Waals surface area contributed by atoms with E-state index in [-0.39, 0.29) is 0 Å². The van der Waals surface area contributed by atoms with Gasteiger partial charge in [-0.05, 0) is 87.0 Å². The number of aromatic nitrogens is 7. The van der Waals surface area contributed by atoms with Crippen LogP contribution >= 0.6 is 0 Å². The predicted molar refractivity (Wildman–Crippen MR) is 212 cm³/mol. The number of hydrogen-bond acceptors (Lipinski definition) is 6. The minimum absolute atomic E-state index is 0.436. The highest BCUT2D eigenvalue weighted by molar-refractivity contribution is 5.94. The topological polar surface area (TPSA) is 83.5 Å². The van der Waals surface area contributed by atoms with Crippen molar-refractivity contribution in [2.75, 3.05) is 0 Å². The third-order valence-electron chi connectivity index (χ3n) is 10.4. The molecule has 8 heteroatoms. The Morgan fingerprint density at radius 3 is 2.04 bits per heavy atom. The maximum atomic E-state index is 6.63. The number of imidazole rings is 1. The molecule has 0 fully saturated rings. The lowest BCUT2D eigenvalue weighted by molar-refractivity contribution is 0.307. The van der Waals surface area contributed by atoms with Crippen molar-refractivity contribution in [2.24, 2.45) is 0 Å². The summed E-state index contributed by atoms with van der Waals surface area (Å²) in [7, 11) is 0. The maximum absolute atomic E-state index is 6.63. The van der Waals surface area contributed by atoms with Gasteiger partial charge in [0.2, 0.25) is 0 Å². The fraction of sp³-hybridized carbons (Fsp3) is 0.152. The van der Waals surface area contributed by atoms with Gasteiger partial charge in [0.1, 0.15) is 29.2 Å². The molecule has 0 spiro atoms. The van der Waals surface area contributed by atoms with Crippen LogP contribution in [0.1, 0.15) is 68.8 Å². The van der Waals surface area contributed by atoms with Gasteiger partial charge in [-0.1, -0.05) is 134 Å². The molecule has 8 nitrogen and oxygen atoms in total. The summed E-state index contributed by atoms with van der Waals surface area (Å²) < 4.78 is 10.8. The van der Waals surface area contributed by atoms with Gasteiger partial charge in [-0.3, -0.25) is 0 Å². The second kappa shape index (κ2) is 13.7. The monoisotopic (exact) mass is 705 g/mol. The molecule has 0 atom stereocenters. The van der Waals surface area contributed by atoms with E-state index in [0.717, 1.165) is 84.9 Å². The zero-order chi connectivity index (χ0) is 36.6. The summed E-state index contributed by atoms with van der Waals surface area (Å²) in [6, 6.07) is 48.4. The van der Waals surface area contributed by atoms with Gasteiger partial charge < -0.3 is 9.30 Å². The summed E-state index contributed by atoms with van der Waals surface area (Å²) in [6.45, 7) is 7.35. The molecule has 8 aromatic rings. The Hall–Kier alpha value is -6.67. The first-order valence-corrected chi connectivity index (χ1v) is 18.4. The predicted octanol–water partition coefficient (Wildman–Crippen LogP) is 8.97. The number of ether oxygens (including phenoxy) is 1. The number of fused-ring (bicyclic) bond motifs is 3. The lowest BCUT2D eigenvalue weighted by Gasteiger charge is -2.36. The molecule has 3 aromatic heterocycles. The van der Waals surface area contributed by atoms with Gasteiger partial charge >= 0.3 is 0 Å². The van der Waals surface area contributed by atoms with Crippen molar-refractivity contribution in [2.45, 2.75) is 45.9 Å². The van der Waals surface area contributed by atoms with E-state index in [4.69, 9.17) is 25.0 Å². The molecule has 0 amide bonds. The van der Waals surface area contributed by atoms with Gasteiger partial charge in [0.15, 0.2) is 11.5 Å². The van der Waals surface area contributed by atoms with Gasteiger partial charge in [-0.25, -0.2) is 14.6 Å². The Bertz CT molecular complexity index is 2550. The summed E-state index contributed by atoms with van der Waals surface area (Å²) >= 11 is 0. The summed E-state index contributed by atoms with van der Waals surface area (Å²) in [5.74, 6) is 2.43. The fourth-order valence-corrected chi connectivity index (χ4v) is 8.00. The van der Waals surface area contributed by atoms with Gasteiger partial charge in [-0.15, -0.1) is 5.10 Å². The standard InChI is InChI=1S/C46H39N7O/c1-4-42-48-44-31(2)26-32(3)47-45(44)52(42)29-33-24-25-39-40(38-23-15-14-16-34(38)30-54-41(39)27-33)28-43-49-50-51-53(43)46(35-17-8-5-9-18-35,36-19-10-6-11-20-36)37-21-12-7-13-22-37/h5-28H,4,29-30H2,1-3H3. The SMILES string of the molecule is CCc1nc2c(C)cc(C)nc2n1Cc1ccc2c(c1)OCc1ccccc1C2=Cc1nnnn1C(c1ccccc1)(c1ccccc1)c1ccccc1. The van der Waals surface area contributed by atoms with Gasteiger partial charge in [0.25, 0.3) is 0 Å². The zero-order valence-corrected chi connectivity index (χ0v) is 30.5. The van der Waals surface area contributed by atoms with Crippen LogP contribution in [0.2, 0.25) is 0 Å². The van der Waals surface area contributed by atoms with Crippen molar-refractivity contribution in [1.29, 1.82) is 0 Å². The van der Waals surface area contributed by atoms with Crippen LogP contribution in [0, 0.1) is 13.8 Å². The number of benzene rings is 5. The molecule has 9 rings (SSSR count). The van der Waals surface area contributed by atoms with Gasteiger partial charge in [0.05, 0.1) is 6.54 Å². The molecule has 0 unspecified atom stereocenters. The first kappa shape index (κ1) is 33.2. The number of rotatable bonds is 8. The smallest absolute Gasteiger partial charge is 0.177 e. The minimum Gasteiger partial charge on any atom is -0.488 e. The van der Waals surface area contributed by atoms with Crippen molar-refractivity contribution in [3.8, 4) is 5.75 Å². The van der Waals surface area contributed by atoms with E-state index in [1.807, 2.05) is 29.8 Å². The van der Waals surface area contributed by atoms with Crippen LogP contribution in [0.4, 0.5) is 0 Å². The van der Waals surface area contributed by atoms with Crippen molar-refractivity contribution >= 4 is 22.8 Å². The Balaban J connectivity index is 1.23. The number of tetrazole rings is 1. The molecule has 5 aromatic carbocycles. The lowest BCUT2D eigenvalue weighted by Crippen LogP contribution is -2.39. The quantitative estimate of drug-likeness (QED) is 0.147. The van der Waals surface area contributed by atoms with Crippen LogP contribution in [-0.4, -0.2) is 34.7 Å². The number of aryl methyl sites for hydroxylation is 3. The van der Waals surface area contributed by atoms with E-state index in [0.29, 0.717) is 19.0 Å². The first-order valence-electron chi connectivity index (χ1n) is 18.4. The number of pyridine rings is 1. The van der Waals surface area contributed by atoms with Crippen LogP contribution in [-0.2, 0) is 25.1 Å². The molecule has 54 heavy (non-hydrogen) atoms. The molecule has 1 aliphatic rings. The van der Waals surface area contributed by atoms with Gasteiger partial charge in [0, 0.05) is 17.7 Å². The first-order chi connectivity index (χ1) is 26.5. The largest absolute Gasteiger partial charge is 0.488 e. The average Bonchev–Trinajstić information content (AvgIpc) is 3.78. The van der Waals surface area contributed by atoms with E-state index in [9.17, 15) is 0 Å². The molecule has 0 saturated carbocycles. The van der Waals surface area contributed by atoms with E-state index < -0.39 is 5.54 Å². The summed E-state index contributed by atoms with van der Waals surface area (Å²) in [5.41, 5.74) is 11.5. The van der Waals surface area contributed by atoms with Crippen molar-refractivity contribution in [1.82, 2.24) is 34.7 Å². The van der Waals surface area contributed by atoms with E-state index in [2.05, 4.69) is 151 Å². The number of hydrogen-bond donors (Lipinski definition) is 0. The molecule has 1 aliphatic heterocycles. The Morgan fingerprint density at radius 2 is 1.37 bits per heavy atom. The summed E-state index contributed by atoms with van der Waals surface area (Å²) in [5, 5.41) is 13.9. The molecule has 0 N–H and O–H groups in total. The highest BCUT2D eigenvalue weighted by Crippen LogP contribution is 2.43. The van der Waals surface area contributed by atoms with Gasteiger partial charge in [-0.2, -0.15) is 0 Å². The third-order valence-corrected chi connectivity index (χ3v) is 10.4. The van der Waals surface area contributed by atoms with Crippen LogP contribution in [0.25, 0.3) is 22.8 Å². The molecule has 0 radical (unpaired) electrons. The molecular weight excluding hydrogens is 667 g/mol. The zero-order valence-electron chi connectivity index (χ0n) is 30.5. The van der Waals surface area contributed by atoms with Crippen molar-refractivity contribution < 1.29 is 4.74 Å². The summed E-state index contributed by atoms with van der Waals surface area (Å²) in [4.78, 5) is 9.90. The van der Waals surface area contributed by atoms with Crippen LogP contribution in [0.15, 0.2) is 140 Å². The molecule has 0 saturated heterocycles. The third kappa shape index (κ3) is 5.58. The lowest BCUT2D eigenvalue weighted by atomic mass is 9.77.